The number of aromatic nitrogens is 5. The van der Waals surface area contributed by atoms with Crippen LogP contribution in [0.5, 0.6) is 11.6 Å². The Morgan fingerprint density at radius 2 is 1.76 bits per heavy atom. The van der Waals surface area contributed by atoms with Gasteiger partial charge in [-0.05, 0) is 25.1 Å². The number of likely N-dealkylation sites (N-methyl/N-ethyl adjacent to an activating group) is 1. The average molecular weight is 605 g/mol. The summed E-state index contributed by atoms with van der Waals surface area (Å²) in [7, 11) is 2.01. The molecule has 14 nitrogen and oxygen atoms in total. The van der Waals surface area contributed by atoms with Gasteiger partial charge in [0.1, 0.15) is 6.07 Å². The molecule has 1 aliphatic heterocycles. The van der Waals surface area contributed by atoms with Crippen molar-refractivity contribution in [3.63, 3.8) is 0 Å². The number of hydrogen-bond acceptors (Lipinski definition) is 11. The number of H-pyrrole nitrogens is 1. The third-order valence-corrected chi connectivity index (χ3v) is 6.83. The minimum atomic E-state index is -0.932. The third-order valence-electron chi connectivity index (χ3n) is 6.27. The van der Waals surface area contributed by atoms with Gasteiger partial charge in [0.05, 0.1) is 22.3 Å². The second-order valence-corrected chi connectivity index (χ2v) is 10.4. The summed E-state index contributed by atoms with van der Waals surface area (Å²) in [6.07, 6.45) is 0. The van der Waals surface area contributed by atoms with Gasteiger partial charge in [-0.15, -0.1) is 10.2 Å². The Kier molecular flexibility index (Phi) is 9.24. The maximum atomic E-state index is 13.0. The van der Waals surface area contributed by atoms with Crippen LogP contribution in [0.1, 0.15) is 31.0 Å². The predicted octanol–water partition coefficient (Wildman–Crippen LogP) is 1.32. The van der Waals surface area contributed by atoms with E-state index in [4.69, 9.17) is 37.9 Å². The Balaban J connectivity index is 1.58. The number of hydrogen-bond donors (Lipinski definition) is 1. The Labute approximate surface area is 243 Å². The van der Waals surface area contributed by atoms with Gasteiger partial charge in [-0.1, -0.05) is 37.0 Å². The fraction of sp³-hybridized carbons (Fsp3) is 0.400. The summed E-state index contributed by atoms with van der Waals surface area (Å²) in [5, 5.41) is 16.9. The highest BCUT2D eigenvalue weighted by Crippen LogP contribution is 2.37. The summed E-state index contributed by atoms with van der Waals surface area (Å²) in [5.74, 6) is -0.811. The van der Waals surface area contributed by atoms with Crippen LogP contribution in [0.25, 0.3) is 5.69 Å². The maximum Gasteiger partial charge on any atom is 0.349 e. The summed E-state index contributed by atoms with van der Waals surface area (Å²) >= 11 is 12.8. The molecule has 1 saturated heterocycles. The molecule has 0 unspecified atom stereocenters. The van der Waals surface area contributed by atoms with Gasteiger partial charge in [0.2, 0.25) is 11.6 Å². The minimum Gasteiger partial charge on any atom is -0.441 e. The summed E-state index contributed by atoms with van der Waals surface area (Å²) in [4.78, 5) is 55.5. The van der Waals surface area contributed by atoms with Gasteiger partial charge in [-0.25, -0.2) is 4.79 Å². The zero-order chi connectivity index (χ0) is 29.8. The van der Waals surface area contributed by atoms with Crippen LogP contribution in [-0.4, -0.2) is 80.1 Å². The zero-order valence-corrected chi connectivity index (χ0v) is 23.9. The van der Waals surface area contributed by atoms with E-state index in [0.717, 1.165) is 35.5 Å². The number of benzene rings is 1. The smallest absolute Gasteiger partial charge is 0.349 e. The van der Waals surface area contributed by atoms with Crippen LogP contribution < -0.4 is 21.5 Å². The lowest BCUT2D eigenvalue weighted by Gasteiger charge is -2.31. The maximum absolute atomic E-state index is 13.0. The molecule has 0 saturated carbocycles. The van der Waals surface area contributed by atoms with Crippen molar-refractivity contribution in [3.05, 3.63) is 70.7 Å². The lowest BCUT2D eigenvalue weighted by molar-refractivity contribution is -0.149. The van der Waals surface area contributed by atoms with Crippen molar-refractivity contribution in [1.82, 2.24) is 34.3 Å². The van der Waals surface area contributed by atoms with E-state index < -0.39 is 35.2 Å². The second kappa shape index (κ2) is 12.6. The SMILES string of the molecule is CC(C)c1cc(Oc2c(Cl)cc(-n3nc(C#N)c(=O)[nH]c3=O)cc2Cl)nn(COC(=O)CN2CCN(C)CC2)c1=O. The highest BCUT2D eigenvalue weighted by Gasteiger charge is 2.20. The number of aromatic amines is 1. The Morgan fingerprint density at radius 3 is 2.37 bits per heavy atom. The molecule has 3 aromatic rings. The molecule has 4 rings (SSSR count). The minimum absolute atomic E-state index is 0.0467. The van der Waals surface area contributed by atoms with Gasteiger partial charge < -0.3 is 14.4 Å². The summed E-state index contributed by atoms with van der Waals surface area (Å²) in [6, 6.07) is 5.60. The lowest BCUT2D eigenvalue weighted by atomic mass is 10.1. The van der Waals surface area contributed by atoms with E-state index in [9.17, 15) is 19.2 Å². The van der Waals surface area contributed by atoms with Crippen LogP contribution in [0.3, 0.4) is 0 Å². The molecule has 3 heterocycles. The van der Waals surface area contributed by atoms with Crippen molar-refractivity contribution < 1.29 is 14.3 Å². The molecule has 216 valence electrons. The predicted molar refractivity (Wildman–Crippen MR) is 148 cm³/mol. The van der Waals surface area contributed by atoms with Crippen molar-refractivity contribution in [2.75, 3.05) is 39.8 Å². The lowest BCUT2D eigenvalue weighted by Crippen LogP contribution is -2.46. The van der Waals surface area contributed by atoms with Gasteiger partial charge >= 0.3 is 11.7 Å². The molecule has 0 radical (unpaired) electrons. The monoisotopic (exact) mass is 604 g/mol. The summed E-state index contributed by atoms with van der Waals surface area (Å²) in [6.45, 7) is 6.44. The van der Waals surface area contributed by atoms with Crippen molar-refractivity contribution in [2.24, 2.45) is 0 Å². The van der Waals surface area contributed by atoms with Crippen molar-refractivity contribution in [3.8, 4) is 23.4 Å². The van der Waals surface area contributed by atoms with E-state index in [1.165, 1.54) is 18.2 Å². The number of piperazine rings is 1. The number of nitrogens with zero attached hydrogens (tertiary/aromatic N) is 7. The number of carbonyl (C=O) groups excluding carboxylic acids is 1. The quantitative estimate of drug-likeness (QED) is 0.368. The van der Waals surface area contributed by atoms with Crippen molar-refractivity contribution >= 4 is 29.2 Å². The average Bonchev–Trinajstić information content (AvgIpc) is 2.91. The molecule has 16 heteroatoms. The Morgan fingerprint density at radius 1 is 1.10 bits per heavy atom. The van der Waals surface area contributed by atoms with E-state index in [1.54, 1.807) is 6.07 Å². The first-order chi connectivity index (χ1) is 19.5. The number of rotatable bonds is 8. The molecular formula is C25H26Cl2N8O6. The molecule has 41 heavy (non-hydrogen) atoms. The highest BCUT2D eigenvalue weighted by atomic mass is 35.5. The summed E-state index contributed by atoms with van der Waals surface area (Å²) in [5.41, 5.74) is -2.43. The Hall–Kier alpha value is -4.03. The fourth-order valence-corrected chi connectivity index (χ4v) is 4.53. The number of nitrogens with one attached hydrogen (secondary N) is 1. The van der Waals surface area contributed by atoms with Crippen LogP contribution in [0, 0.1) is 11.3 Å². The first-order valence-electron chi connectivity index (χ1n) is 12.5. The van der Waals surface area contributed by atoms with Crippen LogP contribution in [0.2, 0.25) is 10.0 Å². The van der Waals surface area contributed by atoms with Crippen LogP contribution in [0.4, 0.5) is 0 Å². The number of esters is 1. The molecule has 1 aliphatic rings. The first kappa shape index (κ1) is 29.9. The zero-order valence-electron chi connectivity index (χ0n) is 22.4. The Bertz CT molecular complexity index is 1660. The fourth-order valence-electron chi connectivity index (χ4n) is 3.97. The molecule has 1 fully saturated rings. The molecule has 0 amide bonds. The van der Waals surface area contributed by atoms with E-state index >= 15 is 0 Å². The molecule has 1 N–H and O–H groups in total. The van der Waals surface area contributed by atoms with Crippen molar-refractivity contribution in [1.29, 1.82) is 5.26 Å². The number of halogens is 2. The largest absolute Gasteiger partial charge is 0.441 e. The van der Waals surface area contributed by atoms with E-state index in [1.807, 2.05) is 30.8 Å². The molecule has 0 aliphatic carbocycles. The normalized spacial score (nSPS) is 14.2. The number of ether oxygens (including phenoxy) is 2. The van der Waals surface area contributed by atoms with Crippen LogP contribution in [0.15, 0.2) is 32.6 Å². The third kappa shape index (κ3) is 7.01. The van der Waals surface area contributed by atoms with Gasteiger partial charge in [-0.2, -0.15) is 14.6 Å². The van der Waals surface area contributed by atoms with Gasteiger partial charge in [0.15, 0.2) is 12.5 Å². The van der Waals surface area contributed by atoms with E-state index in [0.29, 0.717) is 5.56 Å². The molecule has 1 aromatic carbocycles. The van der Waals surface area contributed by atoms with E-state index in [-0.39, 0.29) is 39.8 Å². The number of nitriles is 1. The highest BCUT2D eigenvalue weighted by molar-refractivity contribution is 6.37. The molecular weight excluding hydrogens is 579 g/mol. The first-order valence-corrected chi connectivity index (χ1v) is 13.2. The van der Waals surface area contributed by atoms with Crippen molar-refractivity contribution in [2.45, 2.75) is 26.5 Å². The molecule has 0 spiro atoms. The van der Waals surface area contributed by atoms with Gasteiger partial charge in [-0.3, -0.25) is 24.3 Å². The van der Waals surface area contributed by atoms with Gasteiger partial charge in [0, 0.05) is 37.8 Å². The standard InChI is InChI=1S/C25H26Cl2N8O6/c1-14(2)16-10-20(31-34(24(16)38)13-40-21(36)12-33-6-4-32(3)5-7-33)41-22-17(26)8-15(9-18(22)27)35-25(39)29-23(37)19(11-28)30-35/h8-10,14H,4-7,12-13H2,1-3H3,(H,29,37,39). The number of carbonyl (C=O) groups is 1. The van der Waals surface area contributed by atoms with Crippen LogP contribution in [-0.2, 0) is 16.3 Å². The molecule has 0 bridgehead atoms. The molecule has 2 aromatic heterocycles. The van der Waals surface area contributed by atoms with E-state index in [2.05, 4.69) is 15.1 Å². The van der Waals surface area contributed by atoms with Gasteiger partial charge in [0.25, 0.3) is 11.1 Å². The van der Waals surface area contributed by atoms with Crippen LogP contribution >= 0.6 is 23.2 Å². The molecule has 0 atom stereocenters. The second-order valence-electron chi connectivity index (χ2n) is 9.59. The summed E-state index contributed by atoms with van der Waals surface area (Å²) < 4.78 is 12.9. The topological polar surface area (TPSA) is 168 Å².